The van der Waals surface area contributed by atoms with E-state index in [9.17, 15) is 5.11 Å². The zero-order chi connectivity index (χ0) is 18.2. The summed E-state index contributed by atoms with van der Waals surface area (Å²) in [6, 6.07) is 4.77. The fraction of sp³-hybridized carbons (Fsp3) is 0.737. The molecule has 0 atom stereocenters. The number of aliphatic hydroxyl groups is 1. The lowest BCUT2D eigenvalue weighted by Crippen LogP contribution is -2.49. The summed E-state index contributed by atoms with van der Waals surface area (Å²) in [5.74, 6) is 0.876. The molecule has 0 amide bonds. The number of guanidine groups is 1. The summed E-state index contributed by atoms with van der Waals surface area (Å²) < 4.78 is 5.45. The van der Waals surface area contributed by atoms with Crippen LogP contribution in [0.4, 0.5) is 5.00 Å². The first-order chi connectivity index (χ1) is 12.7. The van der Waals surface area contributed by atoms with Crippen LogP contribution in [0.2, 0.25) is 0 Å². The van der Waals surface area contributed by atoms with Crippen LogP contribution in [0.5, 0.6) is 0 Å². The van der Waals surface area contributed by atoms with Crippen molar-refractivity contribution >= 4 is 46.3 Å². The van der Waals surface area contributed by atoms with Crippen molar-refractivity contribution < 1.29 is 9.84 Å². The highest BCUT2D eigenvalue weighted by molar-refractivity contribution is 14.0. The average molecular weight is 508 g/mol. The van der Waals surface area contributed by atoms with E-state index in [4.69, 9.17) is 9.73 Å². The van der Waals surface area contributed by atoms with Gasteiger partial charge in [0.25, 0.3) is 0 Å². The fourth-order valence-corrected chi connectivity index (χ4v) is 4.41. The number of hydrogen-bond acceptors (Lipinski definition) is 5. The minimum atomic E-state index is -0.122. The third-order valence-corrected chi connectivity index (χ3v) is 6.39. The first kappa shape index (κ1) is 22.7. The second kappa shape index (κ2) is 11.4. The van der Waals surface area contributed by atoms with Crippen molar-refractivity contribution in [2.45, 2.75) is 38.6 Å². The summed E-state index contributed by atoms with van der Waals surface area (Å²) in [4.78, 5) is 7.28. The Kier molecular flexibility index (Phi) is 9.61. The molecule has 2 saturated heterocycles. The highest BCUT2D eigenvalue weighted by Crippen LogP contribution is 2.30. The molecular weight excluding hydrogens is 475 g/mol. The highest BCUT2D eigenvalue weighted by Gasteiger charge is 2.32. The lowest BCUT2D eigenvalue weighted by Gasteiger charge is -2.35. The lowest BCUT2D eigenvalue weighted by molar-refractivity contribution is -0.0106. The van der Waals surface area contributed by atoms with Crippen molar-refractivity contribution in [2.75, 3.05) is 50.9 Å². The molecule has 0 radical (unpaired) electrons. The highest BCUT2D eigenvalue weighted by atomic mass is 127. The van der Waals surface area contributed by atoms with E-state index in [0.29, 0.717) is 12.6 Å². The molecule has 3 heterocycles. The summed E-state index contributed by atoms with van der Waals surface area (Å²) in [5.41, 5.74) is -0.122. The number of hydrogen-bond donors (Lipinski definition) is 3. The Bertz CT molecular complexity index is 556. The SMILES string of the molecule is CCNC(=NCC1(CO)CCOCC1)NC1CCN(c2cccs2)CC1.I. The normalized spacial score (nSPS) is 20.8. The van der Waals surface area contributed by atoms with Crippen LogP contribution < -0.4 is 15.5 Å². The number of rotatable bonds is 6. The van der Waals surface area contributed by atoms with E-state index in [2.05, 4.69) is 40.0 Å². The quantitative estimate of drug-likeness (QED) is 0.313. The van der Waals surface area contributed by atoms with Gasteiger partial charge in [0.15, 0.2) is 5.96 Å². The molecule has 3 N–H and O–H groups in total. The van der Waals surface area contributed by atoms with Crippen molar-refractivity contribution in [3.05, 3.63) is 17.5 Å². The fourth-order valence-electron chi connectivity index (χ4n) is 3.62. The third-order valence-electron chi connectivity index (χ3n) is 5.46. The largest absolute Gasteiger partial charge is 0.396 e. The Labute approximate surface area is 183 Å². The number of aliphatic imine (C=N–C) groups is 1. The summed E-state index contributed by atoms with van der Waals surface area (Å²) in [6.07, 6.45) is 3.99. The zero-order valence-corrected chi connectivity index (χ0v) is 19.3. The number of halogens is 1. The summed E-state index contributed by atoms with van der Waals surface area (Å²) in [5, 5.41) is 20.3. The number of nitrogens with zero attached hydrogens (tertiary/aromatic N) is 2. The molecule has 2 fully saturated rings. The van der Waals surface area contributed by atoms with Gasteiger partial charge < -0.3 is 25.4 Å². The van der Waals surface area contributed by atoms with Gasteiger partial charge in [-0.25, -0.2) is 0 Å². The Balaban J connectivity index is 0.00000261. The van der Waals surface area contributed by atoms with Crippen molar-refractivity contribution in [1.29, 1.82) is 0 Å². The minimum absolute atomic E-state index is 0. The predicted molar refractivity (Wildman–Crippen MR) is 124 cm³/mol. The molecule has 8 heteroatoms. The molecule has 1 aromatic rings. The second-order valence-electron chi connectivity index (χ2n) is 7.32. The van der Waals surface area contributed by atoms with E-state index in [0.717, 1.165) is 64.5 Å². The standard InChI is InChI=1S/C19H32N4O2S.HI/c1-2-20-18(21-14-19(15-24)7-11-25-12-8-19)22-16-5-9-23(10-6-16)17-4-3-13-26-17;/h3-4,13,16,24H,2,5-12,14-15H2,1H3,(H2,20,21,22);1H. The van der Waals surface area contributed by atoms with Crippen LogP contribution in [0.15, 0.2) is 22.5 Å². The molecule has 0 aliphatic carbocycles. The first-order valence-corrected chi connectivity index (χ1v) is 10.6. The van der Waals surface area contributed by atoms with E-state index >= 15 is 0 Å². The van der Waals surface area contributed by atoms with Gasteiger partial charge in [0.05, 0.1) is 18.2 Å². The van der Waals surface area contributed by atoms with Crippen LogP contribution in [0.3, 0.4) is 0 Å². The van der Waals surface area contributed by atoms with E-state index in [1.807, 2.05) is 11.3 Å². The Morgan fingerprint density at radius 1 is 1.37 bits per heavy atom. The van der Waals surface area contributed by atoms with E-state index in [1.54, 1.807) is 0 Å². The molecule has 2 aliphatic heterocycles. The maximum Gasteiger partial charge on any atom is 0.191 e. The van der Waals surface area contributed by atoms with Gasteiger partial charge >= 0.3 is 0 Å². The molecule has 0 saturated carbocycles. The predicted octanol–water partition coefficient (Wildman–Crippen LogP) is 2.68. The summed E-state index contributed by atoms with van der Waals surface area (Å²) >= 11 is 1.81. The monoisotopic (exact) mass is 508 g/mol. The van der Waals surface area contributed by atoms with Crippen molar-refractivity contribution in [2.24, 2.45) is 10.4 Å². The minimum Gasteiger partial charge on any atom is -0.396 e. The topological polar surface area (TPSA) is 69.1 Å². The van der Waals surface area contributed by atoms with Crippen LogP contribution in [0, 0.1) is 5.41 Å². The van der Waals surface area contributed by atoms with E-state index < -0.39 is 0 Å². The molecule has 0 unspecified atom stereocenters. The van der Waals surface area contributed by atoms with Gasteiger partial charge in [0, 0.05) is 44.3 Å². The Morgan fingerprint density at radius 3 is 2.70 bits per heavy atom. The number of piperidine rings is 1. The number of aliphatic hydroxyl groups excluding tert-OH is 1. The van der Waals surface area contributed by atoms with Crippen LogP contribution in [-0.2, 0) is 4.74 Å². The summed E-state index contributed by atoms with van der Waals surface area (Å²) in [6.45, 7) is 7.37. The van der Waals surface area contributed by atoms with Crippen LogP contribution >= 0.6 is 35.3 Å². The van der Waals surface area contributed by atoms with E-state index in [1.165, 1.54) is 5.00 Å². The number of thiophene rings is 1. The molecular formula is C19H33IN4O2S. The molecule has 0 bridgehead atoms. The van der Waals surface area contributed by atoms with Gasteiger partial charge in [-0.1, -0.05) is 0 Å². The lowest BCUT2D eigenvalue weighted by atomic mass is 9.81. The molecule has 1 aromatic heterocycles. The smallest absolute Gasteiger partial charge is 0.191 e. The average Bonchev–Trinajstić information content (AvgIpc) is 3.22. The van der Waals surface area contributed by atoms with Gasteiger partial charge in [-0.05, 0) is 50.1 Å². The van der Waals surface area contributed by atoms with Gasteiger partial charge in [-0.3, -0.25) is 4.99 Å². The van der Waals surface area contributed by atoms with Crippen molar-refractivity contribution in [3.63, 3.8) is 0 Å². The number of anilines is 1. The molecule has 0 spiro atoms. The maximum absolute atomic E-state index is 9.86. The Hall–Kier alpha value is -0.580. The van der Waals surface area contributed by atoms with Crippen molar-refractivity contribution in [3.8, 4) is 0 Å². The maximum atomic E-state index is 9.86. The molecule has 3 rings (SSSR count). The molecule has 6 nitrogen and oxygen atoms in total. The number of ether oxygens (including phenoxy) is 1. The van der Waals surface area contributed by atoms with Gasteiger partial charge in [0.2, 0.25) is 0 Å². The van der Waals surface area contributed by atoms with Crippen LogP contribution in [0.1, 0.15) is 32.6 Å². The van der Waals surface area contributed by atoms with Crippen LogP contribution in [-0.4, -0.2) is 63.1 Å². The summed E-state index contributed by atoms with van der Waals surface area (Å²) in [7, 11) is 0. The first-order valence-electron chi connectivity index (χ1n) is 9.76. The molecule has 27 heavy (non-hydrogen) atoms. The third kappa shape index (κ3) is 6.47. The van der Waals surface area contributed by atoms with Gasteiger partial charge in [-0.2, -0.15) is 0 Å². The molecule has 154 valence electrons. The molecule has 2 aliphatic rings. The Morgan fingerprint density at radius 2 is 2.11 bits per heavy atom. The second-order valence-corrected chi connectivity index (χ2v) is 8.25. The molecule has 0 aromatic carbocycles. The van der Waals surface area contributed by atoms with Gasteiger partial charge in [0.1, 0.15) is 0 Å². The van der Waals surface area contributed by atoms with Gasteiger partial charge in [-0.15, -0.1) is 35.3 Å². The van der Waals surface area contributed by atoms with Crippen molar-refractivity contribution in [1.82, 2.24) is 10.6 Å². The number of nitrogens with one attached hydrogen (secondary N) is 2. The van der Waals surface area contributed by atoms with E-state index in [-0.39, 0.29) is 36.0 Å². The van der Waals surface area contributed by atoms with Crippen LogP contribution in [0.25, 0.3) is 0 Å². The zero-order valence-electron chi connectivity index (χ0n) is 16.2.